The Balaban J connectivity index is 1.81. The molecular formula is C38H36F5N3O4. The molecule has 2 unspecified atom stereocenters. The van der Waals surface area contributed by atoms with E-state index in [2.05, 4.69) is 16.2 Å². The highest BCUT2D eigenvalue weighted by Gasteiger charge is 2.36. The number of hydrogen-bond donors (Lipinski definition) is 2. The fourth-order valence-corrected chi connectivity index (χ4v) is 6.10. The van der Waals surface area contributed by atoms with Crippen LogP contribution in [-0.4, -0.2) is 26.5 Å². The Hall–Kier alpha value is -5.31. The molecule has 262 valence electrons. The van der Waals surface area contributed by atoms with Gasteiger partial charge in [0.15, 0.2) is 0 Å². The van der Waals surface area contributed by atoms with E-state index < -0.39 is 59.3 Å². The van der Waals surface area contributed by atoms with Crippen molar-refractivity contribution in [2.75, 3.05) is 0 Å². The lowest BCUT2D eigenvalue weighted by molar-refractivity contribution is -0.139. The van der Waals surface area contributed by atoms with Crippen molar-refractivity contribution in [3.63, 3.8) is 0 Å². The van der Waals surface area contributed by atoms with E-state index in [0.717, 1.165) is 10.8 Å². The minimum Gasteiger partial charge on any atom is -0.481 e. The van der Waals surface area contributed by atoms with Gasteiger partial charge in [0.25, 0.3) is 5.56 Å². The Labute approximate surface area is 286 Å². The number of aryl methyl sites for hydroxylation is 4. The third kappa shape index (κ3) is 8.83. The van der Waals surface area contributed by atoms with E-state index in [1.807, 2.05) is 0 Å². The van der Waals surface area contributed by atoms with Crippen LogP contribution < -0.4 is 10.9 Å². The Bertz CT molecular complexity index is 1980. The predicted octanol–water partition coefficient (Wildman–Crippen LogP) is 7.51. The maximum absolute atomic E-state index is 15.9. The summed E-state index contributed by atoms with van der Waals surface area (Å²) < 4.78 is 73.2. The van der Waals surface area contributed by atoms with Crippen molar-refractivity contribution in [3.05, 3.63) is 122 Å². The third-order valence-electron chi connectivity index (χ3n) is 8.29. The van der Waals surface area contributed by atoms with Gasteiger partial charge in [0.1, 0.15) is 17.7 Å². The normalized spacial score (nSPS) is 12.7. The number of nitrogens with one attached hydrogen (secondary N) is 1. The quantitative estimate of drug-likeness (QED) is 0.118. The molecule has 0 bridgehead atoms. The zero-order valence-electron chi connectivity index (χ0n) is 27.9. The highest BCUT2D eigenvalue weighted by Crippen LogP contribution is 2.35. The second-order valence-electron chi connectivity index (χ2n) is 12.6. The molecular weight excluding hydrogens is 657 g/mol. The molecule has 4 aromatic rings. The van der Waals surface area contributed by atoms with Gasteiger partial charge in [-0.2, -0.15) is 13.2 Å². The van der Waals surface area contributed by atoms with Crippen LogP contribution in [0.15, 0.2) is 65.7 Å². The Kier molecular flexibility index (Phi) is 11.6. The van der Waals surface area contributed by atoms with Gasteiger partial charge in [-0.25, -0.2) is 8.78 Å². The van der Waals surface area contributed by atoms with Gasteiger partial charge in [0.2, 0.25) is 5.91 Å². The molecule has 2 N–H and O–H groups in total. The molecule has 2 aromatic carbocycles. The number of terminal acetylenes is 1. The first kappa shape index (κ1) is 37.5. The van der Waals surface area contributed by atoms with Gasteiger partial charge in [-0.15, -0.1) is 6.42 Å². The van der Waals surface area contributed by atoms with E-state index in [0.29, 0.717) is 34.0 Å². The van der Waals surface area contributed by atoms with Gasteiger partial charge in [0.05, 0.1) is 23.6 Å². The topological polar surface area (TPSA) is 101 Å². The molecule has 7 nitrogen and oxygen atoms in total. The summed E-state index contributed by atoms with van der Waals surface area (Å²) in [5, 5.41) is 12.3. The zero-order valence-corrected chi connectivity index (χ0v) is 27.9. The highest BCUT2D eigenvalue weighted by atomic mass is 19.4. The second kappa shape index (κ2) is 15.5. The molecule has 0 radical (unpaired) electrons. The minimum absolute atomic E-state index is 0.0251. The lowest BCUT2D eigenvalue weighted by Crippen LogP contribution is -2.40. The summed E-state index contributed by atoms with van der Waals surface area (Å²) in [6.07, 6.45) is 2.39. The summed E-state index contributed by atoms with van der Waals surface area (Å²) >= 11 is 0. The van der Waals surface area contributed by atoms with Crippen molar-refractivity contribution in [1.82, 2.24) is 14.9 Å². The minimum atomic E-state index is -4.86. The molecule has 0 aliphatic rings. The number of carboxylic acids is 1. The summed E-state index contributed by atoms with van der Waals surface area (Å²) in [7, 11) is 0. The molecule has 2 aromatic heterocycles. The van der Waals surface area contributed by atoms with Crippen LogP contribution in [0.3, 0.4) is 0 Å². The molecule has 2 atom stereocenters. The van der Waals surface area contributed by atoms with Gasteiger partial charge in [0, 0.05) is 29.7 Å². The van der Waals surface area contributed by atoms with Crippen molar-refractivity contribution in [2.24, 2.45) is 5.92 Å². The van der Waals surface area contributed by atoms with Crippen molar-refractivity contribution in [3.8, 4) is 23.5 Å². The zero-order chi connectivity index (χ0) is 36.9. The van der Waals surface area contributed by atoms with Gasteiger partial charge in [-0.3, -0.25) is 19.4 Å². The van der Waals surface area contributed by atoms with Crippen molar-refractivity contribution in [2.45, 2.75) is 71.6 Å². The van der Waals surface area contributed by atoms with E-state index in [1.54, 1.807) is 45.9 Å². The molecule has 0 spiro atoms. The Morgan fingerprint density at radius 1 is 1.04 bits per heavy atom. The Morgan fingerprint density at radius 3 is 2.28 bits per heavy atom. The number of benzene rings is 2. The highest BCUT2D eigenvalue weighted by molar-refractivity contribution is 5.82. The first-order valence-corrected chi connectivity index (χ1v) is 15.8. The number of nitrogens with zero attached hydrogens (tertiary/aromatic N) is 2. The molecule has 1 amide bonds. The van der Waals surface area contributed by atoms with Gasteiger partial charge >= 0.3 is 12.1 Å². The first-order valence-electron chi connectivity index (χ1n) is 15.8. The van der Waals surface area contributed by atoms with E-state index in [4.69, 9.17) is 6.42 Å². The maximum Gasteiger partial charge on any atom is 0.416 e. The smallest absolute Gasteiger partial charge is 0.416 e. The number of carbonyl (C=O) groups is 2. The standard InChI is InChI=1S/C38H36F5N3O4/c1-6-24-16-26(35-22(4)14-27(39)15-23(35)5)17-29(36(24)40)31(19-34(48)49)45-37(50)32(13-21(2)3)46-20-25(10-11-28-9-7-8-12-44-28)30(18-33(46)47)38(41,42)43/h1,7-9,12,14-18,20-21,31-32H,10-11,13,19H2,2-5H3,(H,45,50)(H,48,49). The number of aromatic nitrogens is 2. The van der Waals surface area contributed by atoms with Crippen LogP contribution in [0.4, 0.5) is 22.0 Å². The van der Waals surface area contributed by atoms with E-state index >= 15 is 4.39 Å². The summed E-state index contributed by atoms with van der Waals surface area (Å²) in [5.41, 5.74) is -0.593. The monoisotopic (exact) mass is 693 g/mol. The largest absolute Gasteiger partial charge is 0.481 e. The predicted molar refractivity (Wildman–Crippen MR) is 178 cm³/mol. The third-order valence-corrected chi connectivity index (χ3v) is 8.29. The van der Waals surface area contributed by atoms with Gasteiger partial charge < -0.3 is 15.0 Å². The van der Waals surface area contributed by atoms with Crippen molar-refractivity contribution >= 4 is 11.9 Å². The summed E-state index contributed by atoms with van der Waals surface area (Å²) in [6.45, 7) is 6.76. The lowest BCUT2D eigenvalue weighted by atomic mass is 9.90. The number of alkyl halides is 3. The molecule has 4 rings (SSSR count). The maximum atomic E-state index is 15.9. The van der Waals surface area contributed by atoms with Crippen LogP contribution in [-0.2, 0) is 28.6 Å². The van der Waals surface area contributed by atoms with Crippen LogP contribution >= 0.6 is 0 Å². The van der Waals surface area contributed by atoms with Crippen LogP contribution in [0, 0.1) is 43.7 Å². The number of halogens is 5. The van der Waals surface area contributed by atoms with E-state index in [-0.39, 0.29) is 41.9 Å². The van der Waals surface area contributed by atoms with Crippen LogP contribution in [0.2, 0.25) is 0 Å². The lowest BCUT2D eigenvalue weighted by Gasteiger charge is -2.27. The van der Waals surface area contributed by atoms with Crippen LogP contribution in [0.1, 0.15) is 77.8 Å². The number of rotatable bonds is 12. The van der Waals surface area contributed by atoms with Gasteiger partial charge in [-0.05, 0) is 103 Å². The molecule has 0 saturated heterocycles. The number of carboxylic acid groups (broad SMARTS) is 1. The molecule has 50 heavy (non-hydrogen) atoms. The molecule has 12 heteroatoms. The van der Waals surface area contributed by atoms with E-state index in [1.165, 1.54) is 30.5 Å². The van der Waals surface area contributed by atoms with Crippen molar-refractivity contribution in [1.29, 1.82) is 0 Å². The second-order valence-corrected chi connectivity index (χ2v) is 12.6. The SMILES string of the molecule is C#Cc1cc(-c2c(C)cc(F)cc2C)cc(C(CC(=O)O)NC(=O)C(CC(C)C)n2cc(CCc3ccccn3)c(C(F)(F)F)cc2=O)c1F. The first-order chi connectivity index (χ1) is 23.5. The molecule has 0 fully saturated rings. The fourth-order valence-electron chi connectivity index (χ4n) is 6.10. The molecule has 0 aliphatic heterocycles. The average molecular weight is 694 g/mol. The number of carbonyl (C=O) groups excluding carboxylic acids is 1. The van der Waals surface area contributed by atoms with Gasteiger partial charge in [-0.1, -0.05) is 25.8 Å². The average Bonchev–Trinajstić information content (AvgIpc) is 3.02. The van der Waals surface area contributed by atoms with Crippen LogP contribution in [0.5, 0.6) is 0 Å². The number of amides is 1. The van der Waals surface area contributed by atoms with Crippen molar-refractivity contribution < 1.29 is 36.6 Å². The Morgan fingerprint density at radius 2 is 1.72 bits per heavy atom. The number of pyridine rings is 2. The summed E-state index contributed by atoms with van der Waals surface area (Å²) in [5.74, 6) is -1.80. The molecule has 2 heterocycles. The molecule has 0 aliphatic carbocycles. The van der Waals surface area contributed by atoms with E-state index in [9.17, 15) is 37.1 Å². The van der Waals surface area contributed by atoms with Crippen LogP contribution in [0.25, 0.3) is 11.1 Å². The number of aliphatic carboxylic acids is 1. The molecule has 0 saturated carbocycles. The summed E-state index contributed by atoms with van der Waals surface area (Å²) in [4.78, 5) is 43.5. The number of hydrogen-bond acceptors (Lipinski definition) is 4. The fraction of sp³-hybridized carbons (Fsp3) is 0.316. The summed E-state index contributed by atoms with van der Waals surface area (Å²) in [6, 6.07) is 7.79.